The van der Waals surface area contributed by atoms with Gasteiger partial charge in [-0.05, 0) is 55.5 Å². The molecular formula is C22H24F3N3O2. The van der Waals surface area contributed by atoms with Crippen LogP contribution in [0.1, 0.15) is 36.8 Å². The monoisotopic (exact) mass is 419 g/mol. The molecule has 0 spiro atoms. The maximum Gasteiger partial charge on any atom is 0.573 e. The minimum atomic E-state index is -4.76. The average molecular weight is 419 g/mol. The van der Waals surface area contributed by atoms with Crippen LogP contribution in [0.25, 0.3) is 0 Å². The molecule has 1 aliphatic heterocycles. The highest BCUT2D eigenvalue weighted by atomic mass is 19.4. The Morgan fingerprint density at radius 1 is 1.30 bits per heavy atom. The molecule has 2 atom stereocenters. The third-order valence-corrected chi connectivity index (χ3v) is 5.40. The number of benzene rings is 1. The number of amides is 1. The zero-order valence-corrected chi connectivity index (χ0v) is 16.5. The summed E-state index contributed by atoms with van der Waals surface area (Å²) in [6.45, 7) is 1.38. The Hall–Kier alpha value is -2.79. The van der Waals surface area contributed by atoms with Crippen LogP contribution in [-0.2, 0) is 21.4 Å². The molecule has 1 aliphatic carbocycles. The molecule has 3 rings (SSSR count). The molecule has 1 heterocycles. The fourth-order valence-electron chi connectivity index (χ4n) is 3.69. The predicted molar refractivity (Wildman–Crippen MR) is 105 cm³/mol. The summed E-state index contributed by atoms with van der Waals surface area (Å²) in [5.74, 6) is -0.293. The summed E-state index contributed by atoms with van der Waals surface area (Å²) in [4.78, 5) is 12.1. The molecule has 0 saturated carbocycles. The van der Waals surface area contributed by atoms with Crippen molar-refractivity contribution in [3.8, 4) is 6.07 Å². The molecule has 1 aromatic carbocycles. The SMILES string of the molecule is N#C[C@]1(c2ccc(CCNC(=O)[C@@H]3CCCCN3)cc2)C=CC(OC(F)(F)F)=CC1. The van der Waals surface area contributed by atoms with E-state index < -0.39 is 11.8 Å². The van der Waals surface area contributed by atoms with E-state index in [4.69, 9.17) is 0 Å². The van der Waals surface area contributed by atoms with Gasteiger partial charge in [-0.3, -0.25) is 4.79 Å². The Morgan fingerprint density at radius 2 is 2.07 bits per heavy atom. The van der Waals surface area contributed by atoms with Gasteiger partial charge in [0.1, 0.15) is 11.2 Å². The largest absolute Gasteiger partial charge is 0.573 e. The summed E-state index contributed by atoms with van der Waals surface area (Å²) in [5.41, 5.74) is 0.667. The van der Waals surface area contributed by atoms with E-state index in [1.54, 1.807) is 12.1 Å². The topological polar surface area (TPSA) is 74.2 Å². The molecule has 160 valence electrons. The van der Waals surface area contributed by atoms with E-state index in [0.29, 0.717) is 18.5 Å². The molecule has 0 radical (unpaired) electrons. The van der Waals surface area contributed by atoms with Gasteiger partial charge in [0.25, 0.3) is 0 Å². The molecule has 2 aliphatic rings. The molecule has 1 fully saturated rings. The quantitative estimate of drug-likeness (QED) is 0.739. The van der Waals surface area contributed by atoms with Crippen molar-refractivity contribution in [2.45, 2.75) is 49.9 Å². The standard InChI is InChI=1S/C22H24F3N3O2/c23-22(24,25)30-18-8-11-21(15-26,12-9-18)17-6-4-16(5-7-17)10-14-28-20(29)19-3-1-2-13-27-19/h4-9,11,19,27H,1-3,10,12-14H2,(H,28,29)/t19-,21-/m0/s1. The van der Waals surface area contributed by atoms with Crippen LogP contribution < -0.4 is 10.6 Å². The second-order valence-electron chi connectivity index (χ2n) is 7.52. The highest BCUT2D eigenvalue weighted by Gasteiger charge is 2.35. The maximum absolute atomic E-state index is 12.3. The van der Waals surface area contributed by atoms with Crippen LogP contribution in [0.4, 0.5) is 13.2 Å². The number of hydrogen-bond donors (Lipinski definition) is 2. The van der Waals surface area contributed by atoms with Gasteiger partial charge in [0.2, 0.25) is 5.91 Å². The lowest BCUT2D eigenvalue weighted by Gasteiger charge is -2.26. The van der Waals surface area contributed by atoms with Crippen LogP contribution in [0.5, 0.6) is 0 Å². The molecule has 30 heavy (non-hydrogen) atoms. The first-order valence-corrected chi connectivity index (χ1v) is 9.98. The van der Waals surface area contributed by atoms with Gasteiger partial charge in [0.05, 0.1) is 12.1 Å². The minimum absolute atomic E-state index is 0.0192. The molecule has 2 N–H and O–H groups in total. The number of carbonyl (C=O) groups excluding carboxylic acids is 1. The van der Waals surface area contributed by atoms with Gasteiger partial charge in [0.15, 0.2) is 0 Å². The summed E-state index contributed by atoms with van der Waals surface area (Å²) in [6.07, 6.45) is 2.90. The van der Waals surface area contributed by atoms with Gasteiger partial charge in [0, 0.05) is 6.54 Å². The van der Waals surface area contributed by atoms with Gasteiger partial charge in [-0.1, -0.05) is 36.8 Å². The number of nitrogens with zero attached hydrogens (tertiary/aromatic N) is 1. The second-order valence-corrected chi connectivity index (χ2v) is 7.52. The lowest BCUT2D eigenvalue weighted by atomic mass is 9.76. The first kappa shape index (κ1) is 21.9. The fourth-order valence-corrected chi connectivity index (χ4v) is 3.69. The molecule has 1 saturated heterocycles. The first-order valence-electron chi connectivity index (χ1n) is 9.98. The summed E-state index contributed by atoms with van der Waals surface area (Å²) < 4.78 is 40.9. The number of alkyl halides is 3. The Kier molecular flexibility index (Phi) is 6.83. The Morgan fingerprint density at radius 3 is 2.63 bits per heavy atom. The average Bonchev–Trinajstić information content (AvgIpc) is 2.74. The van der Waals surface area contributed by atoms with E-state index >= 15 is 0 Å². The number of hydrogen-bond acceptors (Lipinski definition) is 4. The van der Waals surface area contributed by atoms with Crippen molar-refractivity contribution in [2.24, 2.45) is 0 Å². The van der Waals surface area contributed by atoms with Gasteiger partial charge in [-0.25, -0.2) is 0 Å². The number of allylic oxidation sites excluding steroid dienone is 3. The van der Waals surface area contributed by atoms with Crippen molar-refractivity contribution in [2.75, 3.05) is 13.1 Å². The van der Waals surface area contributed by atoms with Crippen LogP contribution >= 0.6 is 0 Å². The van der Waals surface area contributed by atoms with Gasteiger partial charge in [-0.15, -0.1) is 13.2 Å². The van der Waals surface area contributed by atoms with E-state index in [9.17, 15) is 23.2 Å². The van der Waals surface area contributed by atoms with Crippen LogP contribution in [0.3, 0.4) is 0 Å². The van der Waals surface area contributed by atoms with Crippen molar-refractivity contribution >= 4 is 5.91 Å². The molecule has 8 heteroatoms. The number of ether oxygens (including phenoxy) is 1. The fraction of sp³-hybridized carbons (Fsp3) is 0.455. The van der Waals surface area contributed by atoms with Gasteiger partial charge >= 0.3 is 6.36 Å². The second kappa shape index (κ2) is 9.35. The van der Waals surface area contributed by atoms with E-state index in [0.717, 1.165) is 31.4 Å². The van der Waals surface area contributed by atoms with E-state index in [1.807, 2.05) is 12.1 Å². The summed E-state index contributed by atoms with van der Waals surface area (Å²) in [7, 11) is 0. The Balaban J connectivity index is 1.55. The number of nitrogens with one attached hydrogen (secondary N) is 2. The number of carbonyl (C=O) groups is 1. The Bertz CT molecular complexity index is 850. The van der Waals surface area contributed by atoms with Crippen LogP contribution in [-0.4, -0.2) is 31.4 Å². The number of nitriles is 1. The summed E-state index contributed by atoms with van der Waals surface area (Å²) in [6, 6.07) is 9.43. The third kappa shape index (κ3) is 5.63. The molecule has 0 bridgehead atoms. The van der Waals surface area contributed by atoms with Crippen molar-refractivity contribution in [3.05, 3.63) is 59.4 Å². The molecule has 0 aromatic heterocycles. The summed E-state index contributed by atoms with van der Waals surface area (Å²) in [5, 5.41) is 15.8. The van der Waals surface area contributed by atoms with Crippen molar-refractivity contribution in [1.29, 1.82) is 5.26 Å². The van der Waals surface area contributed by atoms with Crippen LogP contribution in [0, 0.1) is 11.3 Å². The molecule has 5 nitrogen and oxygen atoms in total. The van der Waals surface area contributed by atoms with Gasteiger partial charge < -0.3 is 15.4 Å². The van der Waals surface area contributed by atoms with E-state index in [-0.39, 0.29) is 24.1 Å². The Labute approximate surface area is 173 Å². The highest BCUT2D eigenvalue weighted by Crippen LogP contribution is 2.35. The van der Waals surface area contributed by atoms with Crippen molar-refractivity contribution in [3.63, 3.8) is 0 Å². The molecule has 0 unspecified atom stereocenters. The maximum atomic E-state index is 12.3. The van der Waals surface area contributed by atoms with E-state index in [1.165, 1.54) is 18.2 Å². The highest BCUT2D eigenvalue weighted by molar-refractivity contribution is 5.81. The normalized spacial score (nSPS) is 23.9. The molecule has 1 amide bonds. The zero-order chi connectivity index (χ0) is 21.6. The molecule has 1 aromatic rings. The predicted octanol–water partition coefficient (Wildman–Crippen LogP) is 3.63. The third-order valence-electron chi connectivity index (χ3n) is 5.40. The van der Waals surface area contributed by atoms with Gasteiger partial charge in [-0.2, -0.15) is 5.26 Å². The molecular weight excluding hydrogens is 395 g/mol. The lowest BCUT2D eigenvalue weighted by Crippen LogP contribution is -2.47. The number of rotatable bonds is 6. The van der Waals surface area contributed by atoms with Crippen molar-refractivity contribution in [1.82, 2.24) is 10.6 Å². The first-order chi connectivity index (χ1) is 14.3. The van der Waals surface area contributed by atoms with Crippen LogP contribution in [0.15, 0.2) is 48.3 Å². The minimum Gasteiger partial charge on any atom is -0.406 e. The lowest BCUT2D eigenvalue weighted by molar-refractivity contribution is -0.303. The summed E-state index contributed by atoms with van der Waals surface area (Å²) >= 11 is 0. The smallest absolute Gasteiger partial charge is 0.406 e. The van der Waals surface area contributed by atoms with Crippen LogP contribution in [0.2, 0.25) is 0 Å². The van der Waals surface area contributed by atoms with Crippen molar-refractivity contribution < 1.29 is 22.7 Å². The number of halogens is 3. The van der Waals surface area contributed by atoms with E-state index in [2.05, 4.69) is 21.4 Å². The zero-order valence-electron chi connectivity index (χ0n) is 16.5. The number of piperidine rings is 1.